The van der Waals surface area contributed by atoms with Crippen molar-refractivity contribution >= 4 is 52.3 Å². The minimum absolute atomic E-state index is 0.579. The molecule has 0 aromatic heterocycles. The second-order valence-electron chi connectivity index (χ2n) is 2.53. The maximum absolute atomic E-state index is 5.95. The Labute approximate surface area is 102 Å². The predicted molar refractivity (Wildman–Crippen MR) is 66.4 cm³/mol. The molecule has 0 fully saturated rings. The standard InChI is InChI=1S/C9H8Cl3NS/c10-4-6(11)5-14-9-3-7(13)1-2-8(9)12/h1-4H,5,13H2. The lowest BCUT2D eigenvalue weighted by Crippen LogP contribution is -1.86. The van der Waals surface area contributed by atoms with E-state index in [-0.39, 0.29) is 0 Å². The first kappa shape index (κ1) is 12.1. The number of thioether (sulfide) groups is 1. The molecular formula is C9H8Cl3NS. The molecule has 76 valence electrons. The highest BCUT2D eigenvalue weighted by Gasteiger charge is 2.02. The fourth-order valence-corrected chi connectivity index (χ4v) is 2.22. The Bertz CT molecular complexity index is 352. The van der Waals surface area contributed by atoms with Crippen molar-refractivity contribution in [2.24, 2.45) is 0 Å². The molecule has 0 unspecified atom stereocenters. The van der Waals surface area contributed by atoms with Crippen molar-refractivity contribution in [3.05, 3.63) is 33.8 Å². The van der Waals surface area contributed by atoms with Gasteiger partial charge in [-0.1, -0.05) is 34.8 Å². The fourth-order valence-electron chi connectivity index (χ4n) is 0.809. The number of rotatable bonds is 3. The van der Waals surface area contributed by atoms with Gasteiger partial charge >= 0.3 is 0 Å². The number of hydrogen-bond acceptors (Lipinski definition) is 2. The molecule has 1 aromatic rings. The van der Waals surface area contributed by atoms with Crippen molar-refractivity contribution in [2.45, 2.75) is 4.90 Å². The molecule has 14 heavy (non-hydrogen) atoms. The first-order chi connectivity index (χ1) is 6.63. The van der Waals surface area contributed by atoms with Gasteiger partial charge in [0, 0.05) is 26.9 Å². The molecule has 5 heteroatoms. The molecule has 1 rings (SSSR count). The molecule has 0 radical (unpaired) electrons. The number of benzene rings is 1. The maximum atomic E-state index is 5.95. The summed E-state index contributed by atoms with van der Waals surface area (Å²) in [7, 11) is 0. The van der Waals surface area contributed by atoms with E-state index in [1.807, 2.05) is 6.07 Å². The van der Waals surface area contributed by atoms with Crippen molar-refractivity contribution in [3.63, 3.8) is 0 Å². The summed E-state index contributed by atoms with van der Waals surface area (Å²) in [6, 6.07) is 5.33. The van der Waals surface area contributed by atoms with Crippen LogP contribution in [0.4, 0.5) is 5.69 Å². The van der Waals surface area contributed by atoms with Crippen LogP contribution in [-0.4, -0.2) is 5.75 Å². The first-order valence-electron chi connectivity index (χ1n) is 3.76. The quantitative estimate of drug-likeness (QED) is 0.652. The number of nitrogen functional groups attached to an aromatic ring is 1. The van der Waals surface area contributed by atoms with Gasteiger partial charge in [-0.25, -0.2) is 0 Å². The maximum Gasteiger partial charge on any atom is 0.0543 e. The van der Waals surface area contributed by atoms with E-state index in [0.717, 1.165) is 4.90 Å². The van der Waals surface area contributed by atoms with E-state index in [0.29, 0.717) is 21.5 Å². The van der Waals surface area contributed by atoms with E-state index in [2.05, 4.69) is 0 Å². The van der Waals surface area contributed by atoms with E-state index in [1.54, 1.807) is 12.1 Å². The van der Waals surface area contributed by atoms with E-state index in [4.69, 9.17) is 40.5 Å². The van der Waals surface area contributed by atoms with E-state index in [1.165, 1.54) is 17.3 Å². The van der Waals surface area contributed by atoms with Crippen LogP contribution >= 0.6 is 46.6 Å². The Morgan fingerprint density at radius 2 is 2.21 bits per heavy atom. The molecule has 1 nitrogen and oxygen atoms in total. The number of hydrogen-bond donors (Lipinski definition) is 1. The van der Waals surface area contributed by atoms with Gasteiger partial charge in [-0.3, -0.25) is 0 Å². The second-order valence-corrected chi connectivity index (χ2v) is 4.66. The SMILES string of the molecule is Nc1ccc(Cl)c(SCC(Cl)=CCl)c1. The van der Waals surface area contributed by atoms with Crippen LogP contribution in [0, 0.1) is 0 Å². The summed E-state index contributed by atoms with van der Waals surface area (Å²) in [5, 5.41) is 1.25. The Balaban J connectivity index is 2.71. The Morgan fingerprint density at radius 1 is 1.50 bits per heavy atom. The van der Waals surface area contributed by atoms with Crippen LogP contribution < -0.4 is 5.73 Å². The topological polar surface area (TPSA) is 26.0 Å². The molecule has 0 aliphatic rings. The Kier molecular flexibility index (Phi) is 4.96. The molecule has 0 bridgehead atoms. The molecule has 0 atom stereocenters. The molecule has 0 heterocycles. The largest absolute Gasteiger partial charge is 0.399 e. The number of nitrogens with two attached hydrogens (primary N) is 1. The summed E-state index contributed by atoms with van der Waals surface area (Å²) < 4.78 is 0. The third-order valence-electron chi connectivity index (χ3n) is 1.44. The van der Waals surface area contributed by atoms with E-state index < -0.39 is 0 Å². The van der Waals surface area contributed by atoms with Gasteiger partial charge in [0.2, 0.25) is 0 Å². The van der Waals surface area contributed by atoms with Crippen molar-refractivity contribution < 1.29 is 0 Å². The number of anilines is 1. The van der Waals surface area contributed by atoms with Crippen molar-refractivity contribution in [1.29, 1.82) is 0 Å². The Morgan fingerprint density at radius 3 is 2.86 bits per heavy atom. The summed E-state index contributed by atoms with van der Waals surface area (Å²) in [6.07, 6.45) is 0. The van der Waals surface area contributed by atoms with Crippen LogP contribution in [0.25, 0.3) is 0 Å². The van der Waals surface area contributed by atoms with E-state index >= 15 is 0 Å². The van der Waals surface area contributed by atoms with Crippen LogP contribution in [0.1, 0.15) is 0 Å². The van der Waals surface area contributed by atoms with Gasteiger partial charge in [-0.05, 0) is 18.2 Å². The van der Waals surface area contributed by atoms with Crippen LogP contribution in [-0.2, 0) is 0 Å². The average Bonchev–Trinajstić information content (AvgIpc) is 2.19. The third-order valence-corrected chi connectivity index (χ3v) is 3.76. The molecule has 0 aliphatic carbocycles. The summed E-state index contributed by atoms with van der Waals surface area (Å²) in [5.41, 5.74) is 7.65. The highest BCUT2D eigenvalue weighted by Crippen LogP contribution is 2.30. The van der Waals surface area contributed by atoms with Crippen LogP contribution in [0.15, 0.2) is 33.7 Å². The van der Waals surface area contributed by atoms with Crippen molar-refractivity contribution in [2.75, 3.05) is 11.5 Å². The van der Waals surface area contributed by atoms with Gasteiger partial charge in [0.1, 0.15) is 0 Å². The molecule has 0 saturated heterocycles. The van der Waals surface area contributed by atoms with Crippen LogP contribution in [0.3, 0.4) is 0 Å². The van der Waals surface area contributed by atoms with Gasteiger partial charge < -0.3 is 5.73 Å². The number of halogens is 3. The lowest BCUT2D eigenvalue weighted by molar-refractivity contribution is 1.45. The van der Waals surface area contributed by atoms with Gasteiger partial charge in [-0.15, -0.1) is 11.8 Å². The second kappa shape index (κ2) is 5.76. The normalized spacial score (nSPS) is 11.8. The average molecular weight is 269 g/mol. The minimum atomic E-state index is 0.579. The monoisotopic (exact) mass is 267 g/mol. The Hall–Kier alpha value is -0.0200. The highest BCUT2D eigenvalue weighted by molar-refractivity contribution is 7.99. The summed E-state index contributed by atoms with van der Waals surface area (Å²) in [5.74, 6) is 0.591. The molecule has 0 saturated carbocycles. The highest BCUT2D eigenvalue weighted by atomic mass is 35.5. The van der Waals surface area contributed by atoms with Gasteiger partial charge in [-0.2, -0.15) is 0 Å². The molecule has 0 spiro atoms. The third kappa shape index (κ3) is 3.62. The lowest BCUT2D eigenvalue weighted by atomic mass is 10.3. The fraction of sp³-hybridized carbons (Fsp3) is 0.111. The zero-order valence-corrected chi connectivity index (χ0v) is 10.2. The van der Waals surface area contributed by atoms with Gasteiger partial charge in [0.15, 0.2) is 0 Å². The van der Waals surface area contributed by atoms with Crippen LogP contribution in [0.5, 0.6) is 0 Å². The zero-order chi connectivity index (χ0) is 10.6. The summed E-state index contributed by atoms with van der Waals surface area (Å²) in [6.45, 7) is 0. The zero-order valence-electron chi connectivity index (χ0n) is 7.14. The lowest BCUT2D eigenvalue weighted by Gasteiger charge is -2.04. The van der Waals surface area contributed by atoms with Gasteiger partial charge in [0.25, 0.3) is 0 Å². The minimum Gasteiger partial charge on any atom is -0.399 e. The summed E-state index contributed by atoms with van der Waals surface area (Å²) >= 11 is 18.6. The molecule has 0 amide bonds. The molecule has 2 N–H and O–H groups in total. The summed E-state index contributed by atoms with van der Waals surface area (Å²) in [4.78, 5) is 0.906. The van der Waals surface area contributed by atoms with Crippen LogP contribution in [0.2, 0.25) is 5.02 Å². The van der Waals surface area contributed by atoms with Crippen molar-refractivity contribution in [1.82, 2.24) is 0 Å². The first-order valence-corrected chi connectivity index (χ1v) is 5.94. The molecule has 0 aliphatic heterocycles. The van der Waals surface area contributed by atoms with Crippen molar-refractivity contribution in [3.8, 4) is 0 Å². The van der Waals surface area contributed by atoms with E-state index in [9.17, 15) is 0 Å². The smallest absolute Gasteiger partial charge is 0.0543 e. The molecular weight excluding hydrogens is 261 g/mol. The molecule has 1 aromatic carbocycles. The van der Waals surface area contributed by atoms with Gasteiger partial charge in [0.05, 0.1) is 5.02 Å². The predicted octanol–water partition coefficient (Wildman–Crippen LogP) is 4.33.